The molecule has 3 rings (SSSR count). The predicted octanol–water partition coefficient (Wildman–Crippen LogP) is 4.35. The summed E-state index contributed by atoms with van der Waals surface area (Å²) in [5, 5.41) is 14.7. The van der Waals surface area contributed by atoms with Crippen molar-refractivity contribution >= 4 is 33.7 Å². The number of anilines is 1. The maximum atomic E-state index is 13.4. The number of aliphatic carboxylic acids is 1. The van der Waals surface area contributed by atoms with Gasteiger partial charge >= 0.3 is 12.1 Å². The quantitative estimate of drug-likeness (QED) is 0.271. The highest BCUT2D eigenvalue weighted by Crippen LogP contribution is 2.42. The largest absolute Gasteiger partial charge is 0.487 e. The summed E-state index contributed by atoms with van der Waals surface area (Å²) in [6, 6.07) is 5.28. The number of carboxylic acid groups (broad SMARTS) is 1. The summed E-state index contributed by atoms with van der Waals surface area (Å²) >= 11 is 0. The number of rotatable bonds is 7. The van der Waals surface area contributed by atoms with Gasteiger partial charge in [-0.1, -0.05) is 12.1 Å². The Bertz CT molecular complexity index is 1470. The fourth-order valence-corrected chi connectivity index (χ4v) is 6.14. The molecule has 224 valence electrons. The van der Waals surface area contributed by atoms with Gasteiger partial charge in [-0.3, -0.25) is 0 Å². The summed E-state index contributed by atoms with van der Waals surface area (Å²) < 4.78 is 42.0. The third-order valence-electron chi connectivity index (χ3n) is 6.80. The lowest BCUT2D eigenvalue weighted by molar-refractivity contribution is -0.139. The molecule has 0 fully saturated rings. The normalized spacial score (nSPS) is 15.8. The van der Waals surface area contributed by atoms with Crippen molar-refractivity contribution in [1.82, 2.24) is 5.32 Å². The molecule has 0 saturated heterocycles. The van der Waals surface area contributed by atoms with E-state index in [9.17, 15) is 23.1 Å². The van der Waals surface area contributed by atoms with Gasteiger partial charge in [0.1, 0.15) is 23.0 Å². The molecule has 2 aromatic carbocycles. The number of carbonyl (C=O) groups excluding carboxylic acids is 1. The zero-order chi connectivity index (χ0) is 30.9. The van der Waals surface area contributed by atoms with E-state index in [2.05, 4.69) is 15.0 Å². The van der Waals surface area contributed by atoms with Crippen molar-refractivity contribution in [3.8, 4) is 5.75 Å². The number of nitrogens with zero attached hydrogens (tertiary/aromatic N) is 1. The molecule has 0 bridgehead atoms. The fraction of sp³-hybridized carbons (Fsp3) is 0.483. The minimum atomic E-state index is -4.16. The Kier molecular flexibility index (Phi) is 8.97. The van der Waals surface area contributed by atoms with E-state index in [-0.39, 0.29) is 22.9 Å². The molecule has 1 amide bonds. The number of nitrogens with two attached hydrogens (primary N) is 1. The van der Waals surface area contributed by atoms with Crippen LogP contribution in [0.2, 0.25) is 0 Å². The lowest BCUT2D eigenvalue weighted by Crippen LogP contribution is -2.44. The van der Waals surface area contributed by atoms with E-state index < -0.39 is 33.7 Å². The maximum Gasteiger partial charge on any atom is 0.408 e. The van der Waals surface area contributed by atoms with Crippen LogP contribution in [0.4, 0.5) is 10.5 Å². The number of fused-ring (bicyclic) bond motifs is 1. The second-order valence-electron chi connectivity index (χ2n) is 11.9. The highest BCUT2D eigenvalue weighted by atomic mass is 32.2. The molecule has 0 aliphatic carbocycles. The average Bonchev–Trinajstić information content (AvgIpc) is 2.81. The summed E-state index contributed by atoms with van der Waals surface area (Å²) in [5.74, 6) is -0.797. The molecular weight excluding hydrogens is 548 g/mol. The number of hydrogen-bond acceptors (Lipinski definition) is 6. The molecule has 1 heterocycles. The highest BCUT2D eigenvalue weighted by Gasteiger charge is 2.33. The Morgan fingerprint density at radius 3 is 2.29 bits per heavy atom. The first-order valence-corrected chi connectivity index (χ1v) is 14.7. The summed E-state index contributed by atoms with van der Waals surface area (Å²) in [6.45, 7) is 14.4. The fourth-order valence-electron chi connectivity index (χ4n) is 4.69. The first-order chi connectivity index (χ1) is 18.8. The Morgan fingerprint density at radius 1 is 1.12 bits per heavy atom. The van der Waals surface area contributed by atoms with Crippen molar-refractivity contribution in [3.05, 3.63) is 52.1 Å². The first-order valence-electron chi connectivity index (χ1n) is 13.3. The molecule has 0 saturated carbocycles. The first kappa shape index (κ1) is 31.7. The van der Waals surface area contributed by atoms with Crippen LogP contribution >= 0.6 is 0 Å². The van der Waals surface area contributed by atoms with Crippen LogP contribution in [-0.4, -0.2) is 48.8 Å². The number of benzene rings is 2. The number of sulfonamides is 1. The summed E-state index contributed by atoms with van der Waals surface area (Å²) in [7, 11) is -4.16. The second-order valence-corrected chi connectivity index (χ2v) is 13.4. The minimum Gasteiger partial charge on any atom is -0.487 e. The molecule has 41 heavy (non-hydrogen) atoms. The van der Waals surface area contributed by atoms with Crippen molar-refractivity contribution in [2.75, 3.05) is 5.32 Å². The Hall–Kier alpha value is -3.80. The topological polar surface area (TPSA) is 169 Å². The van der Waals surface area contributed by atoms with Crippen molar-refractivity contribution in [1.29, 1.82) is 0 Å². The standard InChI is InChI=1S/C29H40N4O7S/c1-16-17(2)24(18(3)21-13-14-29(7,8)39-23(16)21)41(37,38)33-26(30)31-20-11-9-19(10-12-20)15-22(25(34)35)32-27(36)40-28(4,5)6/h9-12,22H,13-15H2,1-8H3,(H,32,36)(H,34,35)(H3,30,31,33)/t22-/m0/s1. The average molecular weight is 589 g/mol. The minimum absolute atomic E-state index is 0.00391. The van der Waals surface area contributed by atoms with Crippen LogP contribution in [0.25, 0.3) is 0 Å². The summed E-state index contributed by atoms with van der Waals surface area (Å²) in [6.07, 6.45) is 0.627. The molecule has 1 aliphatic heterocycles. The number of nitrogens with one attached hydrogen (secondary N) is 2. The zero-order valence-corrected chi connectivity index (χ0v) is 25.7. The number of alkyl carbamates (subject to hydrolysis) is 1. The number of guanidine groups is 1. The van der Waals surface area contributed by atoms with E-state index >= 15 is 0 Å². The van der Waals surface area contributed by atoms with Gasteiger partial charge in [-0.2, -0.15) is 8.42 Å². The van der Waals surface area contributed by atoms with Crippen LogP contribution in [0.1, 0.15) is 68.9 Å². The van der Waals surface area contributed by atoms with Gasteiger partial charge in [0.25, 0.3) is 10.0 Å². The third kappa shape index (κ3) is 7.90. The molecule has 1 atom stereocenters. The predicted molar refractivity (Wildman–Crippen MR) is 157 cm³/mol. The summed E-state index contributed by atoms with van der Waals surface area (Å²) in [5.41, 5.74) is 8.76. The van der Waals surface area contributed by atoms with E-state index in [1.54, 1.807) is 58.9 Å². The van der Waals surface area contributed by atoms with Gasteiger partial charge < -0.3 is 30.9 Å². The molecule has 11 nitrogen and oxygen atoms in total. The molecule has 0 radical (unpaired) electrons. The number of ether oxygens (including phenoxy) is 2. The molecule has 0 unspecified atom stereocenters. The van der Waals surface area contributed by atoms with E-state index in [4.69, 9.17) is 15.2 Å². The lowest BCUT2D eigenvalue weighted by Gasteiger charge is -2.35. The van der Waals surface area contributed by atoms with Crippen molar-refractivity contribution in [2.24, 2.45) is 10.1 Å². The number of carbonyl (C=O) groups is 2. The van der Waals surface area contributed by atoms with Crippen LogP contribution < -0.4 is 21.1 Å². The number of carboxylic acids is 1. The zero-order valence-electron chi connectivity index (χ0n) is 24.8. The Morgan fingerprint density at radius 2 is 1.73 bits per heavy atom. The van der Waals surface area contributed by atoms with E-state index in [0.29, 0.717) is 28.8 Å². The molecular formula is C29H40N4O7S. The third-order valence-corrected chi connectivity index (χ3v) is 8.36. The molecule has 0 aromatic heterocycles. The van der Waals surface area contributed by atoms with Gasteiger partial charge in [0, 0.05) is 12.1 Å². The van der Waals surface area contributed by atoms with Crippen molar-refractivity contribution < 1.29 is 32.6 Å². The maximum absolute atomic E-state index is 13.4. The van der Waals surface area contributed by atoms with Crippen LogP contribution in [0.5, 0.6) is 5.75 Å². The van der Waals surface area contributed by atoms with Gasteiger partial charge in [0.2, 0.25) is 5.96 Å². The van der Waals surface area contributed by atoms with Crippen LogP contribution in [0.3, 0.4) is 0 Å². The van der Waals surface area contributed by atoms with Crippen molar-refractivity contribution in [3.63, 3.8) is 0 Å². The molecule has 1 aliphatic rings. The van der Waals surface area contributed by atoms with Gasteiger partial charge in [0.05, 0.1) is 4.90 Å². The van der Waals surface area contributed by atoms with Gasteiger partial charge in [-0.15, -0.1) is 4.40 Å². The van der Waals surface area contributed by atoms with Gasteiger partial charge in [0.15, 0.2) is 0 Å². The molecule has 12 heteroatoms. The number of hydrogen-bond donors (Lipinski definition) is 4. The van der Waals surface area contributed by atoms with Gasteiger partial charge in [-0.05, 0) is 108 Å². The van der Waals surface area contributed by atoms with Crippen LogP contribution in [0, 0.1) is 20.8 Å². The Labute approximate surface area is 241 Å². The van der Waals surface area contributed by atoms with E-state index in [1.165, 1.54) is 0 Å². The smallest absolute Gasteiger partial charge is 0.408 e. The summed E-state index contributed by atoms with van der Waals surface area (Å²) in [4.78, 5) is 23.8. The van der Waals surface area contributed by atoms with E-state index in [1.807, 2.05) is 20.8 Å². The molecule has 0 spiro atoms. The molecule has 5 N–H and O–H groups in total. The lowest BCUT2D eigenvalue weighted by atomic mass is 9.88. The SMILES string of the molecule is Cc1c(C)c(S(=O)(=O)/N=C(\N)Nc2ccc(C[C@H](NC(=O)OC(C)(C)C)C(=O)O)cc2)c(C)c2c1OC(C)(C)CC2. The number of amides is 1. The molecule has 2 aromatic rings. The second kappa shape index (κ2) is 11.6. The highest BCUT2D eigenvalue weighted by molar-refractivity contribution is 7.90. The van der Waals surface area contributed by atoms with Crippen LogP contribution in [0.15, 0.2) is 33.6 Å². The van der Waals surface area contributed by atoms with Crippen LogP contribution in [-0.2, 0) is 32.4 Å². The van der Waals surface area contributed by atoms with Gasteiger partial charge in [-0.25, -0.2) is 9.59 Å². The van der Waals surface area contributed by atoms with E-state index in [0.717, 1.165) is 23.3 Å². The Balaban J connectivity index is 1.77. The van der Waals surface area contributed by atoms with Crippen molar-refractivity contribution in [2.45, 2.75) is 96.8 Å². The monoisotopic (exact) mass is 588 g/mol.